The molecule has 10 heteroatoms. The average molecular weight is 365 g/mol. The number of nitrogens with one attached hydrogen (secondary N) is 1. The van der Waals surface area contributed by atoms with Crippen molar-refractivity contribution in [1.82, 2.24) is 30.3 Å². The van der Waals surface area contributed by atoms with Gasteiger partial charge in [0.1, 0.15) is 6.33 Å². The van der Waals surface area contributed by atoms with Crippen LogP contribution < -0.4 is 5.32 Å². The molecule has 0 fully saturated rings. The molecule has 0 atom stereocenters. The fourth-order valence-corrected chi connectivity index (χ4v) is 2.57. The Morgan fingerprint density at radius 3 is 2.96 bits per heavy atom. The van der Waals surface area contributed by atoms with Crippen LogP contribution >= 0.6 is 0 Å². The van der Waals surface area contributed by atoms with Crippen LogP contribution in [0.25, 0.3) is 17.3 Å². The first-order valence-corrected chi connectivity index (χ1v) is 8.19. The number of anilines is 1. The highest BCUT2D eigenvalue weighted by atomic mass is 16.5. The fourth-order valence-electron chi connectivity index (χ4n) is 2.57. The molecular weight excluding hydrogens is 350 g/mol. The van der Waals surface area contributed by atoms with Crippen LogP contribution in [0.2, 0.25) is 0 Å². The van der Waals surface area contributed by atoms with Gasteiger partial charge in [-0.05, 0) is 53.2 Å². The summed E-state index contributed by atoms with van der Waals surface area (Å²) in [6, 6.07) is 8.98. The van der Waals surface area contributed by atoms with Gasteiger partial charge in [-0.3, -0.25) is 4.79 Å². The van der Waals surface area contributed by atoms with E-state index in [-0.39, 0.29) is 12.3 Å². The number of amides is 1. The Morgan fingerprint density at radius 2 is 2.22 bits per heavy atom. The van der Waals surface area contributed by atoms with Crippen molar-refractivity contribution in [3.8, 4) is 17.3 Å². The van der Waals surface area contributed by atoms with Crippen molar-refractivity contribution in [2.75, 3.05) is 5.32 Å². The SMILES string of the molecule is Cc1cc(NC(=O)CCc2nc(-c3ccco3)no2)ccc1-n1cnnn1. The van der Waals surface area contributed by atoms with Crippen LogP contribution in [0, 0.1) is 6.92 Å². The Labute approximate surface area is 153 Å². The van der Waals surface area contributed by atoms with Crippen LogP contribution in [-0.2, 0) is 11.2 Å². The molecule has 10 nitrogen and oxygen atoms in total. The minimum atomic E-state index is -0.151. The first kappa shape index (κ1) is 16.6. The first-order chi connectivity index (χ1) is 13.2. The van der Waals surface area contributed by atoms with Crippen molar-refractivity contribution in [2.24, 2.45) is 0 Å². The van der Waals surface area contributed by atoms with E-state index < -0.39 is 0 Å². The van der Waals surface area contributed by atoms with Crippen molar-refractivity contribution in [2.45, 2.75) is 19.8 Å². The molecule has 4 rings (SSSR count). The second-order valence-electron chi connectivity index (χ2n) is 5.79. The lowest BCUT2D eigenvalue weighted by atomic mass is 10.1. The highest BCUT2D eigenvalue weighted by Gasteiger charge is 2.13. The van der Waals surface area contributed by atoms with Gasteiger partial charge in [0.2, 0.25) is 17.6 Å². The molecule has 0 aliphatic carbocycles. The molecule has 0 unspecified atom stereocenters. The Morgan fingerprint density at radius 1 is 1.30 bits per heavy atom. The normalized spacial score (nSPS) is 10.9. The van der Waals surface area contributed by atoms with Crippen molar-refractivity contribution < 1.29 is 13.7 Å². The molecule has 0 aliphatic rings. The molecule has 4 aromatic rings. The molecule has 27 heavy (non-hydrogen) atoms. The second kappa shape index (κ2) is 7.20. The number of aryl methyl sites for hydroxylation is 2. The van der Waals surface area contributed by atoms with E-state index in [0.717, 1.165) is 11.3 Å². The molecule has 1 aromatic carbocycles. The molecule has 0 saturated heterocycles. The van der Waals surface area contributed by atoms with Gasteiger partial charge in [-0.2, -0.15) is 4.98 Å². The number of nitrogens with zero attached hydrogens (tertiary/aromatic N) is 6. The molecule has 1 N–H and O–H groups in total. The van der Waals surface area contributed by atoms with E-state index >= 15 is 0 Å². The second-order valence-corrected chi connectivity index (χ2v) is 5.79. The van der Waals surface area contributed by atoms with E-state index in [1.165, 1.54) is 12.6 Å². The van der Waals surface area contributed by atoms with Crippen molar-refractivity contribution in [3.05, 3.63) is 54.4 Å². The van der Waals surface area contributed by atoms with Crippen LogP contribution in [0.1, 0.15) is 17.9 Å². The Balaban J connectivity index is 1.35. The predicted octanol–water partition coefficient (Wildman–Crippen LogP) is 2.19. The third-order valence-electron chi connectivity index (χ3n) is 3.85. The zero-order valence-electron chi connectivity index (χ0n) is 14.4. The Bertz CT molecular complexity index is 1040. The van der Waals surface area contributed by atoms with Crippen molar-refractivity contribution in [1.29, 1.82) is 0 Å². The Kier molecular flexibility index (Phi) is 4.44. The lowest BCUT2D eigenvalue weighted by Crippen LogP contribution is -2.13. The van der Waals surface area contributed by atoms with E-state index in [4.69, 9.17) is 8.94 Å². The third-order valence-corrected chi connectivity index (χ3v) is 3.85. The summed E-state index contributed by atoms with van der Waals surface area (Å²) in [5.74, 6) is 1.11. The molecule has 1 amide bonds. The zero-order chi connectivity index (χ0) is 18.6. The summed E-state index contributed by atoms with van der Waals surface area (Å²) in [6.07, 6.45) is 3.60. The summed E-state index contributed by atoms with van der Waals surface area (Å²) >= 11 is 0. The minimum absolute atomic E-state index is 0.151. The number of tetrazole rings is 1. The lowest BCUT2D eigenvalue weighted by molar-refractivity contribution is -0.116. The van der Waals surface area contributed by atoms with E-state index in [9.17, 15) is 4.79 Å². The maximum atomic E-state index is 12.2. The number of rotatable bonds is 6. The molecule has 0 saturated carbocycles. The Hall–Kier alpha value is -3.82. The van der Waals surface area contributed by atoms with Gasteiger partial charge >= 0.3 is 0 Å². The first-order valence-electron chi connectivity index (χ1n) is 8.19. The molecule has 3 aromatic heterocycles. The van der Waals surface area contributed by atoms with E-state index in [2.05, 4.69) is 31.0 Å². The summed E-state index contributed by atoms with van der Waals surface area (Å²) in [6.45, 7) is 1.92. The van der Waals surface area contributed by atoms with E-state index in [1.54, 1.807) is 22.9 Å². The molecule has 0 bridgehead atoms. The van der Waals surface area contributed by atoms with Gasteiger partial charge in [-0.25, -0.2) is 4.68 Å². The monoisotopic (exact) mass is 365 g/mol. The van der Waals surface area contributed by atoms with Crippen LogP contribution in [0.3, 0.4) is 0 Å². The van der Waals surface area contributed by atoms with Gasteiger partial charge in [-0.15, -0.1) is 5.10 Å². The molecule has 0 aliphatic heterocycles. The molecular formula is C17H15N7O3. The maximum absolute atomic E-state index is 12.2. The molecule has 0 spiro atoms. The smallest absolute Gasteiger partial charge is 0.238 e. The highest BCUT2D eigenvalue weighted by molar-refractivity contribution is 5.91. The summed E-state index contributed by atoms with van der Waals surface area (Å²) in [5.41, 5.74) is 2.46. The summed E-state index contributed by atoms with van der Waals surface area (Å²) in [7, 11) is 0. The quantitative estimate of drug-likeness (QED) is 0.551. The standard InChI is InChI=1S/C17H15N7O3/c1-11-9-12(4-5-13(11)24-10-18-22-23-24)19-15(25)6-7-16-20-17(21-27-16)14-3-2-8-26-14/h2-5,8-10H,6-7H2,1H3,(H,19,25). The highest BCUT2D eigenvalue weighted by Crippen LogP contribution is 2.19. The summed E-state index contributed by atoms with van der Waals surface area (Å²) < 4.78 is 11.9. The van der Waals surface area contributed by atoms with Gasteiger partial charge in [0, 0.05) is 18.5 Å². The van der Waals surface area contributed by atoms with Crippen molar-refractivity contribution in [3.63, 3.8) is 0 Å². The zero-order valence-corrected chi connectivity index (χ0v) is 14.4. The molecule has 0 radical (unpaired) electrons. The summed E-state index contributed by atoms with van der Waals surface area (Å²) in [4.78, 5) is 16.4. The van der Waals surface area contributed by atoms with Gasteiger partial charge in [0.05, 0.1) is 12.0 Å². The maximum Gasteiger partial charge on any atom is 0.238 e. The van der Waals surface area contributed by atoms with E-state index in [1.807, 2.05) is 19.1 Å². The van der Waals surface area contributed by atoms with Crippen LogP contribution in [0.5, 0.6) is 0 Å². The van der Waals surface area contributed by atoms with Gasteiger partial charge in [0.15, 0.2) is 5.76 Å². The number of aromatic nitrogens is 6. The van der Waals surface area contributed by atoms with Crippen LogP contribution in [0.15, 0.2) is 51.9 Å². The van der Waals surface area contributed by atoms with E-state index in [0.29, 0.717) is 29.6 Å². The summed E-state index contributed by atoms with van der Waals surface area (Å²) in [5, 5.41) is 17.8. The predicted molar refractivity (Wildman–Crippen MR) is 92.8 cm³/mol. The number of furan rings is 1. The van der Waals surface area contributed by atoms with Gasteiger partial charge < -0.3 is 14.3 Å². The van der Waals surface area contributed by atoms with Gasteiger partial charge in [0.25, 0.3) is 0 Å². The van der Waals surface area contributed by atoms with Crippen LogP contribution in [0.4, 0.5) is 5.69 Å². The van der Waals surface area contributed by atoms with Gasteiger partial charge in [-0.1, -0.05) is 5.16 Å². The average Bonchev–Trinajstić information content (AvgIpc) is 3.41. The van der Waals surface area contributed by atoms with Crippen molar-refractivity contribution >= 4 is 11.6 Å². The number of carbonyl (C=O) groups excluding carboxylic acids is 1. The molecule has 136 valence electrons. The largest absolute Gasteiger partial charge is 0.461 e. The number of hydrogen-bond acceptors (Lipinski definition) is 8. The molecule has 3 heterocycles. The third kappa shape index (κ3) is 3.73. The number of benzene rings is 1. The lowest BCUT2D eigenvalue weighted by Gasteiger charge is -2.08. The number of carbonyl (C=O) groups is 1. The number of hydrogen-bond donors (Lipinski definition) is 1. The van der Waals surface area contributed by atoms with Crippen LogP contribution in [-0.4, -0.2) is 36.3 Å². The minimum Gasteiger partial charge on any atom is -0.461 e. The topological polar surface area (TPSA) is 125 Å². The fraction of sp³-hybridized carbons (Fsp3) is 0.176.